The molecule has 0 aliphatic carbocycles. The predicted octanol–water partition coefficient (Wildman–Crippen LogP) is 3.69. The van der Waals surface area contributed by atoms with Crippen LogP contribution in [0.5, 0.6) is 0 Å². The van der Waals surface area contributed by atoms with Crippen LogP contribution in [-0.4, -0.2) is 4.92 Å². The molecule has 0 atom stereocenters. The minimum atomic E-state index is -0.467. The number of hydrogen-bond donors (Lipinski definition) is 3. The molecule has 0 saturated heterocycles. The largest absolute Gasteiger partial charge is 0.350 e. The van der Waals surface area contributed by atoms with Gasteiger partial charge in [0.1, 0.15) is 11.4 Å². The molecule has 0 aliphatic rings. The molecule has 4 N–H and O–H groups in total. The van der Waals surface area contributed by atoms with Gasteiger partial charge in [-0.1, -0.05) is 28.1 Å². The third kappa shape index (κ3) is 2.73. The quantitative estimate of drug-likeness (QED) is 0.449. The number of hydrogen-bond acceptors (Lipinski definition) is 5. The minimum Gasteiger partial charge on any atom is -0.350 e. The number of halogens is 1. The van der Waals surface area contributed by atoms with Crippen LogP contribution < -0.4 is 16.6 Å². The third-order valence-electron chi connectivity index (χ3n) is 2.91. The van der Waals surface area contributed by atoms with Gasteiger partial charge in [0.05, 0.1) is 4.92 Å². The monoisotopic (exact) mass is 336 g/mol. The lowest BCUT2D eigenvalue weighted by atomic mass is 10.1. The van der Waals surface area contributed by atoms with Crippen molar-refractivity contribution in [3.8, 4) is 0 Å². The molecule has 20 heavy (non-hydrogen) atoms. The summed E-state index contributed by atoms with van der Waals surface area (Å²) in [6, 6.07) is 10.5. The number of nitrogens with two attached hydrogens (primary N) is 1. The summed E-state index contributed by atoms with van der Waals surface area (Å²) in [5, 5.41) is 14.3. The Labute approximate surface area is 124 Å². The first-order valence-electron chi connectivity index (χ1n) is 5.80. The number of para-hydroxylation sites is 1. The first-order valence-corrected chi connectivity index (χ1v) is 6.60. The molecule has 2 aromatic carbocycles. The highest BCUT2D eigenvalue weighted by Crippen LogP contribution is 2.35. The van der Waals surface area contributed by atoms with Gasteiger partial charge in [-0.3, -0.25) is 16.0 Å². The van der Waals surface area contributed by atoms with E-state index in [1.807, 2.05) is 25.1 Å². The molecule has 0 fully saturated rings. The lowest BCUT2D eigenvalue weighted by molar-refractivity contribution is -0.383. The molecule has 0 radical (unpaired) electrons. The number of nitro groups is 1. The number of hydrazine groups is 1. The molecule has 0 bridgehead atoms. The maximum absolute atomic E-state index is 11.2. The molecule has 104 valence electrons. The van der Waals surface area contributed by atoms with Gasteiger partial charge in [-0.2, -0.15) is 0 Å². The molecule has 0 saturated carbocycles. The van der Waals surface area contributed by atoms with E-state index < -0.39 is 4.92 Å². The highest BCUT2D eigenvalue weighted by molar-refractivity contribution is 9.10. The van der Waals surface area contributed by atoms with Crippen molar-refractivity contribution in [2.45, 2.75) is 6.92 Å². The zero-order valence-electron chi connectivity index (χ0n) is 10.7. The van der Waals surface area contributed by atoms with Gasteiger partial charge in [0.25, 0.3) is 0 Å². The first kappa shape index (κ1) is 14.3. The average Bonchev–Trinajstić information content (AvgIpc) is 2.43. The molecular formula is C13H13BrN4O2. The second-order valence-corrected chi connectivity index (χ2v) is 4.99. The van der Waals surface area contributed by atoms with E-state index in [4.69, 9.17) is 5.84 Å². The number of rotatable bonds is 4. The lowest BCUT2D eigenvalue weighted by Crippen LogP contribution is -2.10. The van der Waals surface area contributed by atoms with Crippen molar-refractivity contribution in [2.24, 2.45) is 5.84 Å². The van der Waals surface area contributed by atoms with Gasteiger partial charge in [0.2, 0.25) is 0 Å². The summed E-state index contributed by atoms with van der Waals surface area (Å²) in [4.78, 5) is 10.7. The Hall–Kier alpha value is -2.12. The average molecular weight is 337 g/mol. The number of nitrogen functional groups attached to an aromatic ring is 1. The Bertz CT molecular complexity index is 661. The second kappa shape index (κ2) is 5.89. The maximum Gasteiger partial charge on any atom is 0.316 e. The zero-order chi connectivity index (χ0) is 14.7. The normalized spacial score (nSPS) is 10.2. The molecule has 6 nitrogen and oxygen atoms in total. The summed E-state index contributed by atoms with van der Waals surface area (Å²) in [6.07, 6.45) is 0. The van der Waals surface area contributed by atoms with Crippen LogP contribution in [0, 0.1) is 17.0 Å². The number of nitrogens with zero attached hydrogens (tertiary/aromatic N) is 1. The van der Waals surface area contributed by atoms with Crippen molar-refractivity contribution in [3.05, 3.63) is 56.5 Å². The molecule has 2 rings (SSSR count). The molecule has 0 aliphatic heterocycles. The van der Waals surface area contributed by atoms with Gasteiger partial charge < -0.3 is 10.7 Å². The second-order valence-electron chi connectivity index (χ2n) is 4.14. The molecule has 0 amide bonds. The fourth-order valence-electron chi connectivity index (χ4n) is 1.85. The van der Waals surface area contributed by atoms with Crippen LogP contribution in [0.1, 0.15) is 5.56 Å². The van der Waals surface area contributed by atoms with Crippen molar-refractivity contribution in [3.63, 3.8) is 0 Å². The highest BCUT2D eigenvalue weighted by Gasteiger charge is 2.19. The standard InChI is InChI=1S/C13H13BrN4O2/c1-8-9(14)4-2-5-10(8)16-11-6-3-7-12(17-15)13(11)18(19)20/h2-7,16-17H,15H2,1H3. The molecule has 2 aromatic rings. The molecule has 0 aromatic heterocycles. The van der Waals surface area contributed by atoms with Crippen LogP contribution in [0.2, 0.25) is 0 Å². The van der Waals surface area contributed by atoms with E-state index in [0.29, 0.717) is 5.69 Å². The summed E-state index contributed by atoms with van der Waals surface area (Å²) < 4.78 is 0.929. The Morgan fingerprint density at radius 1 is 1.15 bits per heavy atom. The van der Waals surface area contributed by atoms with Crippen LogP contribution in [0.15, 0.2) is 40.9 Å². The van der Waals surface area contributed by atoms with Gasteiger partial charge in [0.15, 0.2) is 0 Å². The molecule has 0 unspecified atom stereocenters. The Kier molecular flexibility index (Phi) is 4.21. The number of anilines is 3. The molecule has 0 spiro atoms. The van der Waals surface area contributed by atoms with Crippen molar-refractivity contribution >= 4 is 38.7 Å². The fourth-order valence-corrected chi connectivity index (χ4v) is 2.21. The van der Waals surface area contributed by atoms with E-state index in [2.05, 4.69) is 26.7 Å². The predicted molar refractivity (Wildman–Crippen MR) is 83.1 cm³/mol. The van der Waals surface area contributed by atoms with Gasteiger partial charge in [-0.15, -0.1) is 0 Å². The van der Waals surface area contributed by atoms with E-state index in [9.17, 15) is 10.1 Å². The van der Waals surface area contributed by atoms with Gasteiger partial charge >= 0.3 is 5.69 Å². The SMILES string of the molecule is Cc1c(Br)cccc1Nc1cccc(NN)c1[N+](=O)[O-]. The molecule has 0 heterocycles. The van der Waals surface area contributed by atoms with Crippen molar-refractivity contribution in [1.82, 2.24) is 0 Å². The van der Waals surface area contributed by atoms with Crippen molar-refractivity contribution < 1.29 is 4.92 Å². The summed E-state index contributed by atoms with van der Waals surface area (Å²) >= 11 is 3.43. The van der Waals surface area contributed by atoms with Gasteiger partial charge in [-0.25, -0.2) is 0 Å². The smallest absolute Gasteiger partial charge is 0.316 e. The van der Waals surface area contributed by atoms with Crippen LogP contribution >= 0.6 is 15.9 Å². The summed E-state index contributed by atoms with van der Waals surface area (Å²) in [5.74, 6) is 5.31. The number of nitro benzene ring substituents is 1. The van der Waals surface area contributed by atoms with E-state index in [0.717, 1.165) is 15.7 Å². The number of nitrogens with one attached hydrogen (secondary N) is 2. The van der Waals surface area contributed by atoms with Crippen LogP contribution in [-0.2, 0) is 0 Å². The van der Waals surface area contributed by atoms with Gasteiger partial charge in [-0.05, 0) is 36.8 Å². The van der Waals surface area contributed by atoms with Crippen molar-refractivity contribution in [1.29, 1.82) is 0 Å². The molecule has 7 heteroatoms. The van der Waals surface area contributed by atoms with Crippen LogP contribution in [0.25, 0.3) is 0 Å². The molecular weight excluding hydrogens is 324 g/mol. The fraction of sp³-hybridized carbons (Fsp3) is 0.0769. The van der Waals surface area contributed by atoms with E-state index in [1.165, 1.54) is 0 Å². The minimum absolute atomic E-state index is 0.0885. The zero-order valence-corrected chi connectivity index (χ0v) is 12.3. The van der Waals surface area contributed by atoms with E-state index >= 15 is 0 Å². The topological polar surface area (TPSA) is 93.2 Å². The van der Waals surface area contributed by atoms with Crippen LogP contribution in [0.4, 0.5) is 22.7 Å². The summed E-state index contributed by atoms with van der Waals surface area (Å²) in [7, 11) is 0. The Morgan fingerprint density at radius 2 is 1.75 bits per heavy atom. The Balaban J connectivity index is 2.48. The van der Waals surface area contributed by atoms with E-state index in [-0.39, 0.29) is 11.4 Å². The Morgan fingerprint density at radius 3 is 2.40 bits per heavy atom. The number of benzene rings is 2. The maximum atomic E-state index is 11.2. The summed E-state index contributed by atoms with van der Waals surface area (Å²) in [6.45, 7) is 1.92. The highest BCUT2D eigenvalue weighted by atomic mass is 79.9. The third-order valence-corrected chi connectivity index (χ3v) is 3.77. The van der Waals surface area contributed by atoms with Crippen molar-refractivity contribution in [2.75, 3.05) is 10.7 Å². The lowest BCUT2D eigenvalue weighted by Gasteiger charge is -2.12. The van der Waals surface area contributed by atoms with Crippen LogP contribution in [0.3, 0.4) is 0 Å². The first-order chi connectivity index (χ1) is 9.54. The summed E-state index contributed by atoms with van der Waals surface area (Å²) in [5.41, 5.74) is 4.64. The van der Waals surface area contributed by atoms with E-state index in [1.54, 1.807) is 18.2 Å². The van der Waals surface area contributed by atoms with Gasteiger partial charge in [0, 0.05) is 10.2 Å².